The summed E-state index contributed by atoms with van der Waals surface area (Å²) in [7, 11) is -3.88. The van der Waals surface area contributed by atoms with Gasteiger partial charge in [-0.3, -0.25) is 4.55 Å². The monoisotopic (exact) mass is 236 g/mol. The molecule has 0 atom stereocenters. The molecule has 1 fully saturated rings. The molecule has 1 N–H and O–H groups in total. The first-order chi connectivity index (χ1) is 6.49. The van der Waals surface area contributed by atoms with Crippen molar-refractivity contribution < 1.29 is 17.7 Å². The molecule has 5 heteroatoms. The van der Waals surface area contributed by atoms with Gasteiger partial charge in [-0.2, -0.15) is 8.42 Å². The van der Waals surface area contributed by atoms with Crippen molar-refractivity contribution in [2.24, 2.45) is 5.92 Å². The highest BCUT2D eigenvalue weighted by atomic mass is 32.2. The molecule has 90 valence electrons. The smallest absolute Gasteiger partial charge is 0.265 e. The molecule has 1 aliphatic rings. The van der Waals surface area contributed by atoms with Gasteiger partial charge in [0.25, 0.3) is 10.1 Å². The lowest BCUT2D eigenvalue weighted by molar-refractivity contribution is -0.169. The second-order valence-corrected chi connectivity index (χ2v) is 7.14. The van der Waals surface area contributed by atoms with Crippen molar-refractivity contribution >= 4 is 10.1 Å². The summed E-state index contributed by atoms with van der Waals surface area (Å²) in [6.45, 7) is 7.80. The van der Waals surface area contributed by atoms with E-state index in [4.69, 9.17) is 9.29 Å². The molecule has 0 aromatic rings. The van der Waals surface area contributed by atoms with Gasteiger partial charge in [-0.25, -0.2) is 0 Å². The van der Waals surface area contributed by atoms with E-state index >= 15 is 0 Å². The molecule has 4 nitrogen and oxygen atoms in total. The molecule has 1 aliphatic heterocycles. The van der Waals surface area contributed by atoms with E-state index in [1.165, 1.54) is 0 Å². The maximum absolute atomic E-state index is 10.8. The van der Waals surface area contributed by atoms with E-state index in [0.717, 1.165) is 0 Å². The number of ether oxygens (including phenoxy) is 1. The number of rotatable bonds is 2. The highest BCUT2D eigenvalue weighted by Crippen LogP contribution is 2.38. The van der Waals surface area contributed by atoms with Crippen molar-refractivity contribution in [2.75, 3.05) is 5.75 Å². The predicted octanol–water partition coefficient (Wildman–Crippen LogP) is 1.86. The zero-order chi connectivity index (χ0) is 11.9. The molecule has 1 saturated heterocycles. The van der Waals surface area contributed by atoms with E-state index in [1.54, 1.807) is 0 Å². The van der Waals surface area contributed by atoms with Crippen molar-refractivity contribution in [2.45, 2.75) is 51.7 Å². The minimum absolute atomic E-state index is 0.0289. The van der Waals surface area contributed by atoms with Crippen LogP contribution in [-0.4, -0.2) is 29.9 Å². The molecule has 0 aromatic heterocycles. The average molecular weight is 236 g/mol. The van der Waals surface area contributed by atoms with Crippen LogP contribution in [-0.2, 0) is 14.9 Å². The minimum Gasteiger partial charge on any atom is -0.370 e. The summed E-state index contributed by atoms with van der Waals surface area (Å²) in [6, 6.07) is 0. The van der Waals surface area contributed by atoms with Crippen LogP contribution in [0.4, 0.5) is 0 Å². The zero-order valence-corrected chi connectivity index (χ0v) is 10.6. The van der Waals surface area contributed by atoms with E-state index in [0.29, 0.717) is 12.8 Å². The maximum Gasteiger partial charge on any atom is 0.265 e. The standard InChI is InChI=1S/C10H20O4S/c1-9(2)5-8(7-15(11,12)13)6-10(3,4)14-9/h8H,5-7H2,1-4H3,(H,11,12,13). The lowest BCUT2D eigenvalue weighted by atomic mass is 9.82. The summed E-state index contributed by atoms with van der Waals surface area (Å²) in [5, 5.41) is 0. The molecule has 0 spiro atoms. The first-order valence-electron chi connectivity index (χ1n) is 5.14. The molecule has 0 amide bonds. The molecule has 0 unspecified atom stereocenters. The Morgan fingerprint density at radius 3 is 1.93 bits per heavy atom. The van der Waals surface area contributed by atoms with Gasteiger partial charge >= 0.3 is 0 Å². The van der Waals surface area contributed by atoms with Gasteiger partial charge in [0.15, 0.2) is 0 Å². The molecule has 0 bridgehead atoms. The Kier molecular flexibility index (Phi) is 3.20. The van der Waals surface area contributed by atoms with E-state index in [2.05, 4.69) is 0 Å². The second-order valence-electron chi connectivity index (χ2n) is 5.64. The number of hydrogen-bond donors (Lipinski definition) is 1. The Morgan fingerprint density at radius 1 is 1.20 bits per heavy atom. The minimum atomic E-state index is -3.88. The highest BCUT2D eigenvalue weighted by molar-refractivity contribution is 7.85. The van der Waals surface area contributed by atoms with E-state index < -0.39 is 10.1 Å². The summed E-state index contributed by atoms with van der Waals surface area (Å²) < 4.78 is 36.3. The van der Waals surface area contributed by atoms with Gasteiger partial charge < -0.3 is 4.74 Å². The van der Waals surface area contributed by atoms with Crippen LogP contribution in [0, 0.1) is 5.92 Å². The average Bonchev–Trinajstić information content (AvgIpc) is 1.70. The first-order valence-corrected chi connectivity index (χ1v) is 6.75. The molecule has 0 radical (unpaired) electrons. The summed E-state index contributed by atoms with van der Waals surface area (Å²) in [5.74, 6) is -0.192. The lowest BCUT2D eigenvalue weighted by Crippen LogP contribution is -2.46. The Labute approximate surface area is 91.8 Å². The van der Waals surface area contributed by atoms with Gasteiger partial charge in [0, 0.05) is 0 Å². The molecular weight excluding hydrogens is 216 g/mol. The van der Waals surface area contributed by atoms with Crippen LogP contribution in [0.2, 0.25) is 0 Å². The fraction of sp³-hybridized carbons (Fsp3) is 1.00. The van der Waals surface area contributed by atoms with Crippen LogP contribution in [0.5, 0.6) is 0 Å². The molecule has 1 rings (SSSR count). The van der Waals surface area contributed by atoms with E-state index in [1.807, 2.05) is 27.7 Å². The largest absolute Gasteiger partial charge is 0.370 e. The van der Waals surface area contributed by atoms with Crippen LogP contribution in [0.25, 0.3) is 0 Å². The van der Waals surface area contributed by atoms with Gasteiger partial charge in [-0.05, 0) is 46.5 Å². The first kappa shape index (κ1) is 12.9. The third-order valence-electron chi connectivity index (χ3n) is 2.56. The fourth-order valence-electron chi connectivity index (χ4n) is 2.71. The third-order valence-corrected chi connectivity index (χ3v) is 3.45. The van der Waals surface area contributed by atoms with Crippen LogP contribution >= 0.6 is 0 Å². The van der Waals surface area contributed by atoms with Gasteiger partial charge in [-0.15, -0.1) is 0 Å². The van der Waals surface area contributed by atoms with Crippen molar-refractivity contribution in [3.63, 3.8) is 0 Å². The van der Waals surface area contributed by atoms with E-state index in [-0.39, 0.29) is 22.9 Å². The normalized spacial score (nSPS) is 26.5. The Hall–Kier alpha value is -0.130. The molecule has 0 saturated carbocycles. The topological polar surface area (TPSA) is 63.6 Å². The Bertz CT molecular complexity index is 313. The molecule has 1 heterocycles. The van der Waals surface area contributed by atoms with Crippen molar-refractivity contribution in [3.8, 4) is 0 Å². The Morgan fingerprint density at radius 2 is 1.60 bits per heavy atom. The van der Waals surface area contributed by atoms with Crippen molar-refractivity contribution in [1.82, 2.24) is 0 Å². The van der Waals surface area contributed by atoms with Gasteiger partial charge in [0.2, 0.25) is 0 Å². The predicted molar refractivity (Wildman–Crippen MR) is 58.4 cm³/mol. The number of hydrogen-bond acceptors (Lipinski definition) is 3. The van der Waals surface area contributed by atoms with E-state index in [9.17, 15) is 8.42 Å². The Balaban J connectivity index is 2.76. The molecule has 0 aliphatic carbocycles. The van der Waals surface area contributed by atoms with Gasteiger partial charge in [0.1, 0.15) is 0 Å². The summed E-state index contributed by atoms with van der Waals surface area (Å²) in [4.78, 5) is 0. The van der Waals surface area contributed by atoms with Crippen molar-refractivity contribution in [1.29, 1.82) is 0 Å². The SMILES string of the molecule is CC1(C)CC(CS(=O)(=O)O)CC(C)(C)O1. The highest BCUT2D eigenvalue weighted by Gasteiger charge is 2.40. The second kappa shape index (κ2) is 3.71. The molecule has 0 aromatic carbocycles. The van der Waals surface area contributed by atoms with Crippen LogP contribution in [0.3, 0.4) is 0 Å². The maximum atomic E-state index is 10.8. The van der Waals surface area contributed by atoms with Crippen LogP contribution in [0.15, 0.2) is 0 Å². The van der Waals surface area contributed by atoms with Gasteiger partial charge in [0.05, 0.1) is 17.0 Å². The third kappa shape index (κ3) is 4.49. The van der Waals surface area contributed by atoms with Gasteiger partial charge in [-0.1, -0.05) is 0 Å². The summed E-state index contributed by atoms with van der Waals surface area (Å²) in [6.07, 6.45) is 1.33. The zero-order valence-electron chi connectivity index (χ0n) is 9.78. The quantitative estimate of drug-likeness (QED) is 0.743. The summed E-state index contributed by atoms with van der Waals surface area (Å²) in [5.41, 5.74) is -0.645. The molecule has 15 heavy (non-hydrogen) atoms. The van der Waals surface area contributed by atoms with Crippen LogP contribution in [0.1, 0.15) is 40.5 Å². The fourth-order valence-corrected chi connectivity index (χ4v) is 3.54. The van der Waals surface area contributed by atoms with Crippen LogP contribution < -0.4 is 0 Å². The lowest BCUT2D eigenvalue weighted by Gasteiger charge is -2.45. The molecular formula is C10H20O4S. The van der Waals surface area contributed by atoms with Crippen molar-refractivity contribution in [3.05, 3.63) is 0 Å². The summed E-state index contributed by atoms with van der Waals surface area (Å²) >= 11 is 0.